The van der Waals surface area contributed by atoms with Crippen LogP contribution in [0.5, 0.6) is 0 Å². The molecule has 5 heteroatoms. The summed E-state index contributed by atoms with van der Waals surface area (Å²) < 4.78 is 1.84. The molecule has 102 valence electrons. The SMILES string of the molecule is ClCC1(CNc2nccn3nccc23)CCCCC1. The summed E-state index contributed by atoms with van der Waals surface area (Å²) in [5.74, 6) is 1.62. The van der Waals surface area contributed by atoms with Gasteiger partial charge in [0.2, 0.25) is 0 Å². The second-order valence-corrected chi connectivity index (χ2v) is 5.75. The highest BCUT2D eigenvalue weighted by Gasteiger charge is 2.31. The van der Waals surface area contributed by atoms with Crippen LogP contribution in [0.3, 0.4) is 0 Å². The lowest BCUT2D eigenvalue weighted by Gasteiger charge is -2.35. The van der Waals surface area contributed by atoms with E-state index in [0.717, 1.165) is 23.8 Å². The largest absolute Gasteiger partial charge is 0.368 e. The summed E-state index contributed by atoms with van der Waals surface area (Å²) in [4.78, 5) is 4.41. The molecule has 1 aliphatic rings. The molecule has 19 heavy (non-hydrogen) atoms. The fourth-order valence-electron chi connectivity index (χ4n) is 2.92. The smallest absolute Gasteiger partial charge is 0.152 e. The first-order chi connectivity index (χ1) is 9.33. The van der Waals surface area contributed by atoms with E-state index in [4.69, 9.17) is 11.6 Å². The summed E-state index contributed by atoms with van der Waals surface area (Å²) in [7, 11) is 0. The Hall–Kier alpha value is -1.29. The molecule has 1 aliphatic carbocycles. The normalized spacial score (nSPS) is 18.6. The summed E-state index contributed by atoms with van der Waals surface area (Å²) in [6.07, 6.45) is 11.8. The quantitative estimate of drug-likeness (QED) is 0.873. The number of nitrogens with zero attached hydrogens (tertiary/aromatic N) is 3. The summed E-state index contributed by atoms with van der Waals surface area (Å²) in [5.41, 5.74) is 1.25. The van der Waals surface area contributed by atoms with E-state index in [0.29, 0.717) is 0 Å². The van der Waals surface area contributed by atoms with E-state index in [-0.39, 0.29) is 5.41 Å². The maximum atomic E-state index is 6.22. The lowest BCUT2D eigenvalue weighted by molar-refractivity contribution is 0.238. The van der Waals surface area contributed by atoms with Crippen molar-refractivity contribution in [1.82, 2.24) is 14.6 Å². The van der Waals surface area contributed by atoms with E-state index in [2.05, 4.69) is 15.4 Å². The van der Waals surface area contributed by atoms with Gasteiger partial charge in [-0.3, -0.25) is 0 Å². The van der Waals surface area contributed by atoms with Crippen molar-refractivity contribution >= 4 is 22.9 Å². The van der Waals surface area contributed by atoms with Gasteiger partial charge in [-0.1, -0.05) is 19.3 Å². The van der Waals surface area contributed by atoms with Crippen molar-refractivity contribution in [2.24, 2.45) is 5.41 Å². The molecule has 0 unspecified atom stereocenters. The van der Waals surface area contributed by atoms with E-state index < -0.39 is 0 Å². The number of anilines is 1. The molecule has 0 spiro atoms. The maximum absolute atomic E-state index is 6.22. The number of fused-ring (bicyclic) bond motifs is 1. The lowest BCUT2D eigenvalue weighted by atomic mass is 9.75. The minimum atomic E-state index is 0.230. The van der Waals surface area contributed by atoms with Crippen LogP contribution in [-0.4, -0.2) is 27.0 Å². The zero-order chi connectivity index (χ0) is 13.1. The van der Waals surface area contributed by atoms with Crippen LogP contribution in [0.15, 0.2) is 24.7 Å². The summed E-state index contributed by atoms with van der Waals surface area (Å²) in [6.45, 7) is 0.897. The molecule has 2 heterocycles. The molecule has 3 rings (SSSR count). The third kappa shape index (κ3) is 2.54. The van der Waals surface area contributed by atoms with Gasteiger partial charge in [0, 0.05) is 30.2 Å². The second kappa shape index (κ2) is 5.37. The van der Waals surface area contributed by atoms with Gasteiger partial charge >= 0.3 is 0 Å². The number of alkyl halides is 1. The first-order valence-electron chi connectivity index (χ1n) is 6.91. The molecule has 2 aromatic heterocycles. The van der Waals surface area contributed by atoms with Crippen LogP contribution in [0.1, 0.15) is 32.1 Å². The Morgan fingerprint density at radius 2 is 2.11 bits per heavy atom. The zero-order valence-corrected chi connectivity index (χ0v) is 11.7. The van der Waals surface area contributed by atoms with Crippen LogP contribution in [0.4, 0.5) is 5.82 Å². The topological polar surface area (TPSA) is 42.2 Å². The van der Waals surface area contributed by atoms with E-state index in [9.17, 15) is 0 Å². The molecule has 0 amide bonds. The molecule has 0 bridgehead atoms. The van der Waals surface area contributed by atoms with Gasteiger partial charge in [-0.2, -0.15) is 5.10 Å². The number of hydrogen-bond donors (Lipinski definition) is 1. The van der Waals surface area contributed by atoms with Crippen molar-refractivity contribution in [3.63, 3.8) is 0 Å². The highest BCUT2D eigenvalue weighted by molar-refractivity contribution is 6.18. The van der Waals surface area contributed by atoms with E-state index in [1.54, 1.807) is 12.4 Å². The Morgan fingerprint density at radius 1 is 1.26 bits per heavy atom. The molecule has 0 aromatic carbocycles. The number of rotatable bonds is 4. The van der Waals surface area contributed by atoms with Crippen molar-refractivity contribution in [3.05, 3.63) is 24.7 Å². The second-order valence-electron chi connectivity index (χ2n) is 5.48. The predicted octanol–water partition coefficient (Wildman–Crippen LogP) is 3.33. The van der Waals surface area contributed by atoms with Crippen LogP contribution in [0.25, 0.3) is 5.52 Å². The average Bonchev–Trinajstić information content (AvgIpc) is 2.95. The molecular weight excluding hydrogens is 260 g/mol. The van der Waals surface area contributed by atoms with Gasteiger partial charge in [-0.25, -0.2) is 9.50 Å². The highest BCUT2D eigenvalue weighted by atomic mass is 35.5. The Labute approximate surface area is 118 Å². The molecule has 0 atom stereocenters. The van der Waals surface area contributed by atoms with Gasteiger partial charge in [0.15, 0.2) is 5.82 Å². The van der Waals surface area contributed by atoms with E-state index in [1.807, 2.05) is 16.8 Å². The molecule has 4 nitrogen and oxygen atoms in total. The molecular formula is C14H19ClN4. The summed E-state index contributed by atoms with van der Waals surface area (Å²) >= 11 is 6.22. The van der Waals surface area contributed by atoms with Crippen LogP contribution in [-0.2, 0) is 0 Å². The van der Waals surface area contributed by atoms with Gasteiger partial charge in [-0.05, 0) is 18.9 Å². The molecule has 0 aliphatic heterocycles. The van der Waals surface area contributed by atoms with Crippen LogP contribution >= 0.6 is 11.6 Å². The van der Waals surface area contributed by atoms with Gasteiger partial charge < -0.3 is 5.32 Å². The first kappa shape index (κ1) is 12.7. The van der Waals surface area contributed by atoms with Crippen molar-refractivity contribution in [3.8, 4) is 0 Å². The van der Waals surface area contributed by atoms with Crippen molar-refractivity contribution in [2.45, 2.75) is 32.1 Å². The maximum Gasteiger partial charge on any atom is 0.152 e. The summed E-state index contributed by atoms with van der Waals surface area (Å²) in [5, 5.41) is 7.70. The van der Waals surface area contributed by atoms with Crippen LogP contribution < -0.4 is 5.32 Å². The third-order valence-electron chi connectivity index (χ3n) is 4.15. The molecule has 1 N–H and O–H groups in total. The Morgan fingerprint density at radius 3 is 2.89 bits per heavy atom. The molecule has 1 fully saturated rings. The first-order valence-corrected chi connectivity index (χ1v) is 7.45. The lowest BCUT2D eigenvalue weighted by Crippen LogP contribution is -2.34. The molecule has 2 aromatic rings. The van der Waals surface area contributed by atoms with Gasteiger partial charge in [0.25, 0.3) is 0 Å². The fourth-order valence-corrected chi connectivity index (χ4v) is 3.29. The Kier molecular flexibility index (Phi) is 3.60. The van der Waals surface area contributed by atoms with Crippen LogP contribution in [0, 0.1) is 5.41 Å². The Bertz CT molecular complexity index is 545. The van der Waals surface area contributed by atoms with Crippen molar-refractivity contribution in [1.29, 1.82) is 0 Å². The van der Waals surface area contributed by atoms with Crippen molar-refractivity contribution in [2.75, 3.05) is 17.7 Å². The van der Waals surface area contributed by atoms with E-state index >= 15 is 0 Å². The van der Waals surface area contributed by atoms with E-state index in [1.165, 1.54) is 32.1 Å². The summed E-state index contributed by atoms with van der Waals surface area (Å²) in [6, 6.07) is 1.98. The van der Waals surface area contributed by atoms with Crippen LogP contribution in [0.2, 0.25) is 0 Å². The van der Waals surface area contributed by atoms with Crippen molar-refractivity contribution < 1.29 is 0 Å². The minimum absolute atomic E-state index is 0.230. The molecule has 1 saturated carbocycles. The predicted molar refractivity (Wildman–Crippen MR) is 77.7 cm³/mol. The van der Waals surface area contributed by atoms with Gasteiger partial charge in [0.05, 0.1) is 6.20 Å². The highest BCUT2D eigenvalue weighted by Crippen LogP contribution is 2.37. The van der Waals surface area contributed by atoms with Gasteiger partial charge in [0.1, 0.15) is 5.52 Å². The third-order valence-corrected chi connectivity index (χ3v) is 4.72. The average molecular weight is 279 g/mol. The zero-order valence-electron chi connectivity index (χ0n) is 11.0. The number of nitrogens with one attached hydrogen (secondary N) is 1. The molecule has 0 radical (unpaired) electrons. The number of aromatic nitrogens is 3. The standard InChI is InChI=1S/C14H19ClN4/c15-10-14(5-2-1-3-6-14)11-17-13-12-4-7-18-19(12)9-8-16-13/h4,7-9H,1-3,5-6,10-11H2,(H,16,17). The molecule has 0 saturated heterocycles. The van der Waals surface area contributed by atoms with Gasteiger partial charge in [-0.15, -0.1) is 11.6 Å². The number of hydrogen-bond acceptors (Lipinski definition) is 3. The number of halogens is 1. The fraction of sp³-hybridized carbons (Fsp3) is 0.571. The Balaban J connectivity index is 1.76. The minimum Gasteiger partial charge on any atom is -0.368 e. The monoisotopic (exact) mass is 278 g/mol.